The first-order valence-corrected chi connectivity index (χ1v) is 6.64. The maximum absolute atomic E-state index is 11.8. The van der Waals surface area contributed by atoms with Crippen molar-refractivity contribution < 1.29 is 4.74 Å². The molecule has 0 amide bonds. The van der Waals surface area contributed by atoms with E-state index in [9.17, 15) is 4.79 Å². The van der Waals surface area contributed by atoms with Crippen LogP contribution in [0.25, 0.3) is 0 Å². The van der Waals surface area contributed by atoms with Gasteiger partial charge in [0.05, 0.1) is 6.54 Å². The third-order valence-corrected chi connectivity index (χ3v) is 3.20. The predicted octanol–water partition coefficient (Wildman–Crippen LogP) is 2.51. The molecular weight excluding hydrogens is 296 g/mol. The first-order valence-electron chi connectivity index (χ1n) is 5.84. The van der Waals surface area contributed by atoms with E-state index in [0.717, 1.165) is 10.2 Å². The van der Waals surface area contributed by atoms with Gasteiger partial charge in [0.1, 0.15) is 12.4 Å². The summed E-state index contributed by atoms with van der Waals surface area (Å²) >= 11 is 3.37. The van der Waals surface area contributed by atoms with E-state index in [1.807, 2.05) is 31.2 Å². The van der Waals surface area contributed by atoms with Crippen LogP contribution >= 0.6 is 15.9 Å². The zero-order valence-electron chi connectivity index (χ0n) is 10.2. The Morgan fingerprint density at radius 3 is 2.44 bits per heavy atom. The molecule has 2 aromatic rings. The van der Waals surface area contributed by atoms with Crippen LogP contribution in [-0.2, 0) is 13.1 Å². The molecular formula is C13H15BrN2O2. The summed E-state index contributed by atoms with van der Waals surface area (Å²) in [7, 11) is 0. The normalized spacial score (nSPS) is 10.6. The van der Waals surface area contributed by atoms with E-state index in [1.165, 1.54) is 0 Å². The summed E-state index contributed by atoms with van der Waals surface area (Å²) in [5.74, 6) is 0.807. The molecule has 0 bridgehead atoms. The highest BCUT2D eigenvalue weighted by atomic mass is 79.9. The van der Waals surface area contributed by atoms with E-state index in [4.69, 9.17) is 4.74 Å². The van der Waals surface area contributed by atoms with Gasteiger partial charge >= 0.3 is 5.69 Å². The summed E-state index contributed by atoms with van der Waals surface area (Å²) in [5.41, 5.74) is 0.0110. The van der Waals surface area contributed by atoms with Crippen LogP contribution in [0, 0.1) is 0 Å². The second kappa shape index (κ2) is 5.91. The average Bonchev–Trinajstić information content (AvgIpc) is 2.73. The van der Waals surface area contributed by atoms with Gasteiger partial charge in [-0.1, -0.05) is 15.9 Å². The second-order valence-corrected chi connectivity index (χ2v) is 4.78. The van der Waals surface area contributed by atoms with E-state index in [2.05, 4.69) is 15.9 Å². The number of ether oxygens (including phenoxy) is 1. The topological polar surface area (TPSA) is 36.2 Å². The minimum atomic E-state index is 0.0110. The van der Waals surface area contributed by atoms with Crippen LogP contribution in [0.15, 0.2) is 45.9 Å². The Balaban J connectivity index is 1.90. The molecule has 0 N–H and O–H groups in total. The van der Waals surface area contributed by atoms with E-state index in [-0.39, 0.29) is 5.69 Å². The molecule has 1 aromatic heterocycles. The van der Waals surface area contributed by atoms with E-state index in [0.29, 0.717) is 19.7 Å². The molecule has 4 nitrogen and oxygen atoms in total. The highest BCUT2D eigenvalue weighted by Crippen LogP contribution is 2.15. The third kappa shape index (κ3) is 3.04. The minimum absolute atomic E-state index is 0.0110. The van der Waals surface area contributed by atoms with E-state index < -0.39 is 0 Å². The molecule has 0 unspecified atom stereocenters. The molecule has 0 saturated carbocycles. The predicted molar refractivity (Wildman–Crippen MR) is 74.0 cm³/mol. The lowest BCUT2D eigenvalue weighted by Crippen LogP contribution is -2.25. The van der Waals surface area contributed by atoms with Gasteiger partial charge in [-0.3, -0.25) is 9.13 Å². The number of rotatable bonds is 5. The Morgan fingerprint density at radius 1 is 1.17 bits per heavy atom. The Kier molecular flexibility index (Phi) is 4.25. The zero-order chi connectivity index (χ0) is 13.0. The standard InChI is InChI=1S/C13H15BrN2O2/c1-2-15-7-8-16(13(15)17)9-10-18-12-5-3-11(14)4-6-12/h3-8H,2,9-10H2,1H3. The first-order chi connectivity index (χ1) is 8.70. The van der Waals surface area contributed by atoms with Crippen LogP contribution in [0.2, 0.25) is 0 Å². The molecule has 96 valence electrons. The third-order valence-electron chi connectivity index (χ3n) is 2.67. The number of benzene rings is 1. The second-order valence-electron chi connectivity index (χ2n) is 3.86. The van der Waals surface area contributed by atoms with Gasteiger partial charge in [0, 0.05) is 23.4 Å². The average molecular weight is 311 g/mol. The molecule has 0 aliphatic carbocycles. The molecule has 0 spiro atoms. The van der Waals surface area contributed by atoms with Gasteiger partial charge in [0.2, 0.25) is 0 Å². The van der Waals surface area contributed by atoms with Crippen LogP contribution in [-0.4, -0.2) is 15.7 Å². The molecule has 1 aromatic carbocycles. The Bertz CT molecular complexity index is 557. The van der Waals surface area contributed by atoms with E-state index in [1.54, 1.807) is 21.5 Å². The number of nitrogens with zero attached hydrogens (tertiary/aromatic N) is 2. The van der Waals surface area contributed by atoms with Crippen molar-refractivity contribution in [1.29, 1.82) is 0 Å². The fourth-order valence-corrected chi connectivity index (χ4v) is 1.92. The lowest BCUT2D eigenvalue weighted by atomic mass is 10.3. The van der Waals surface area contributed by atoms with Crippen molar-refractivity contribution >= 4 is 15.9 Å². The largest absolute Gasteiger partial charge is 0.492 e. The fourth-order valence-electron chi connectivity index (χ4n) is 1.66. The van der Waals surface area contributed by atoms with Gasteiger partial charge in [-0.15, -0.1) is 0 Å². The summed E-state index contributed by atoms with van der Waals surface area (Å²) in [6, 6.07) is 7.64. The van der Waals surface area contributed by atoms with Crippen molar-refractivity contribution in [2.24, 2.45) is 0 Å². The number of imidazole rings is 1. The van der Waals surface area contributed by atoms with Crippen molar-refractivity contribution in [3.05, 3.63) is 51.6 Å². The van der Waals surface area contributed by atoms with E-state index >= 15 is 0 Å². The van der Waals surface area contributed by atoms with Crippen molar-refractivity contribution in [3.8, 4) is 5.75 Å². The Labute approximate surface area is 114 Å². The van der Waals surface area contributed by atoms with Crippen molar-refractivity contribution in [2.75, 3.05) is 6.61 Å². The van der Waals surface area contributed by atoms with Gasteiger partial charge in [-0.25, -0.2) is 4.79 Å². The number of halogens is 1. The van der Waals surface area contributed by atoms with Crippen LogP contribution < -0.4 is 10.4 Å². The first kappa shape index (κ1) is 13.0. The van der Waals surface area contributed by atoms with Crippen LogP contribution in [0.3, 0.4) is 0 Å². The molecule has 0 radical (unpaired) electrons. The summed E-state index contributed by atoms with van der Waals surface area (Å²) in [4.78, 5) is 11.8. The molecule has 0 fully saturated rings. The van der Waals surface area contributed by atoms with Gasteiger partial charge in [0.25, 0.3) is 0 Å². The van der Waals surface area contributed by atoms with Crippen molar-refractivity contribution in [2.45, 2.75) is 20.0 Å². The maximum atomic E-state index is 11.8. The quantitative estimate of drug-likeness (QED) is 0.851. The van der Waals surface area contributed by atoms with Crippen LogP contribution in [0.1, 0.15) is 6.92 Å². The van der Waals surface area contributed by atoms with Gasteiger partial charge < -0.3 is 4.74 Å². The number of aryl methyl sites for hydroxylation is 1. The lowest BCUT2D eigenvalue weighted by molar-refractivity contribution is 0.296. The lowest BCUT2D eigenvalue weighted by Gasteiger charge is -2.06. The van der Waals surface area contributed by atoms with Crippen molar-refractivity contribution in [3.63, 3.8) is 0 Å². The minimum Gasteiger partial charge on any atom is -0.492 e. The molecule has 18 heavy (non-hydrogen) atoms. The number of hydrogen-bond donors (Lipinski definition) is 0. The molecule has 0 saturated heterocycles. The number of hydrogen-bond acceptors (Lipinski definition) is 2. The molecule has 2 rings (SSSR count). The monoisotopic (exact) mass is 310 g/mol. The Hall–Kier alpha value is -1.49. The summed E-state index contributed by atoms with van der Waals surface area (Å²) in [6.07, 6.45) is 3.58. The highest BCUT2D eigenvalue weighted by Gasteiger charge is 2.01. The Morgan fingerprint density at radius 2 is 1.83 bits per heavy atom. The SMILES string of the molecule is CCn1ccn(CCOc2ccc(Br)cc2)c1=O. The van der Waals surface area contributed by atoms with Crippen LogP contribution in [0.5, 0.6) is 5.75 Å². The molecule has 0 atom stereocenters. The van der Waals surface area contributed by atoms with Gasteiger partial charge in [0.15, 0.2) is 0 Å². The summed E-state index contributed by atoms with van der Waals surface area (Å²) < 4.78 is 9.91. The summed E-state index contributed by atoms with van der Waals surface area (Å²) in [6.45, 7) is 3.68. The van der Waals surface area contributed by atoms with Gasteiger partial charge in [-0.05, 0) is 31.2 Å². The fraction of sp³-hybridized carbons (Fsp3) is 0.308. The van der Waals surface area contributed by atoms with Gasteiger partial charge in [-0.2, -0.15) is 0 Å². The zero-order valence-corrected chi connectivity index (χ0v) is 11.8. The maximum Gasteiger partial charge on any atom is 0.328 e. The molecule has 1 heterocycles. The molecule has 5 heteroatoms. The molecule has 0 aliphatic rings. The summed E-state index contributed by atoms with van der Waals surface area (Å²) in [5, 5.41) is 0. The highest BCUT2D eigenvalue weighted by molar-refractivity contribution is 9.10. The van der Waals surface area contributed by atoms with Crippen molar-refractivity contribution in [1.82, 2.24) is 9.13 Å². The number of aromatic nitrogens is 2. The smallest absolute Gasteiger partial charge is 0.328 e. The van der Waals surface area contributed by atoms with Crippen LogP contribution in [0.4, 0.5) is 0 Å². The molecule has 0 aliphatic heterocycles.